The molecule has 1 saturated heterocycles. The molecule has 1 amide bonds. The summed E-state index contributed by atoms with van der Waals surface area (Å²) in [5, 5.41) is 3.07. The molecule has 32 heavy (non-hydrogen) atoms. The first-order chi connectivity index (χ1) is 15.4. The second-order valence-corrected chi connectivity index (χ2v) is 10.1. The Morgan fingerprint density at radius 2 is 1.53 bits per heavy atom. The molecule has 1 N–H and O–H groups in total. The van der Waals surface area contributed by atoms with Crippen LogP contribution in [0, 0.1) is 5.92 Å². The number of pyridine rings is 1. The average Bonchev–Trinajstić information content (AvgIpc) is 2.84. The van der Waals surface area contributed by atoms with E-state index in [4.69, 9.17) is 0 Å². The highest BCUT2D eigenvalue weighted by molar-refractivity contribution is 7.89. The van der Waals surface area contributed by atoms with Crippen LogP contribution in [0.4, 0.5) is 0 Å². The highest BCUT2D eigenvalue weighted by atomic mass is 32.2. The van der Waals surface area contributed by atoms with Gasteiger partial charge in [0.05, 0.1) is 10.9 Å². The van der Waals surface area contributed by atoms with Crippen LogP contribution in [0.2, 0.25) is 0 Å². The standard InChI is InChI=1S/C25H27N3O3S/c1-19-13-17-28(18-14-19)32(30,31)23-9-7-22(8-10-23)25(29)27-24(20-5-3-2-4-6-20)21-11-15-26-16-12-21/h2-12,15-16,19,24H,13-14,17-18H2,1H3,(H,27,29). The average molecular weight is 450 g/mol. The summed E-state index contributed by atoms with van der Waals surface area (Å²) in [5.74, 6) is 0.275. The summed E-state index contributed by atoms with van der Waals surface area (Å²) in [6.45, 7) is 3.22. The van der Waals surface area contributed by atoms with Crippen LogP contribution in [0.5, 0.6) is 0 Å². The van der Waals surface area contributed by atoms with Crippen LogP contribution in [-0.4, -0.2) is 36.7 Å². The third-order valence-electron chi connectivity index (χ3n) is 5.94. The van der Waals surface area contributed by atoms with Crippen molar-refractivity contribution < 1.29 is 13.2 Å². The Balaban J connectivity index is 1.53. The maximum absolute atomic E-state index is 13.0. The Labute approximate surface area is 189 Å². The van der Waals surface area contributed by atoms with E-state index in [-0.39, 0.29) is 16.8 Å². The molecule has 6 nitrogen and oxygen atoms in total. The van der Waals surface area contributed by atoms with E-state index in [1.807, 2.05) is 42.5 Å². The van der Waals surface area contributed by atoms with Crippen molar-refractivity contribution in [2.75, 3.05) is 13.1 Å². The molecule has 4 rings (SSSR count). The number of sulfonamides is 1. The lowest BCUT2D eigenvalue weighted by Gasteiger charge is -2.29. The summed E-state index contributed by atoms with van der Waals surface area (Å²) in [6, 6.07) is 19.3. The van der Waals surface area contributed by atoms with Crippen molar-refractivity contribution >= 4 is 15.9 Å². The lowest BCUT2D eigenvalue weighted by atomic mass is 9.99. The predicted molar refractivity (Wildman–Crippen MR) is 124 cm³/mol. The third-order valence-corrected chi connectivity index (χ3v) is 7.86. The molecule has 0 bridgehead atoms. The summed E-state index contributed by atoms with van der Waals surface area (Å²) in [7, 11) is -3.54. The van der Waals surface area contributed by atoms with Gasteiger partial charge >= 0.3 is 0 Å². The molecule has 2 heterocycles. The molecular weight excluding hydrogens is 422 g/mol. The van der Waals surface area contributed by atoms with Crippen LogP contribution < -0.4 is 5.32 Å². The minimum Gasteiger partial charge on any atom is -0.341 e. The topological polar surface area (TPSA) is 79.4 Å². The fourth-order valence-corrected chi connectivity index (χ4v) is 5.40. The zero-order valence-electron chi connectivity index (χ0n) is 18.0. The van der Waals surface area contributed by atoms with E-state index in [9.17, 15) is 13.2 Å². The smallest absolute Gasteiger partial charge is 0.252 e. The van der Waals surface area contributed by atoms with Crippen molar-refractivity contribution in [2.45, 2.75) is 30.7 Å². The zero-order valence-corrected chi connectivity index (χ0v) is 18.8. The van der Waals surface area contributed by atoms with Crippen molar-refractivity contribution in [2.24, 2.45) is 5.92 Å². The van der Waals surface area contributed by atoms with Gasteiger partial charge in [-0.1, -0.05) is 37.3 Å². The number of benzene rings is 2. The van der Waals surface area contributed by atoms with Crippen molar-refractivity contribution in [3.63, 3.8) is 0 Å². The molecule has 1 unspecified atom stereocenters. The van der Waals surface area contributed by atoms with Crippen LogP contribution in [0.15, 0.2) is 84.0 Å². The number of rotatable bonds is 6. The Kier molecular flexibility index (Phi) is 6.67. The molecule has 3 aromatic rings. The van der Waals surface area contributed by atoms with Gasteiger partial charge in [0.1, 0.15) is 0 Å². The summed E-state index contributed by atoms with van der Waals surface area (Å²) in [4.78, 5) is 17.3. The Hall–Kier alpha value is -3.03. The summed E-state index contributed by atoms with van der Waals surface area (Å²) >= 11 is 0. The fraction of sp³-hybridized carbons (Fsp3) is 0.280. The van der Waals surface area contributed by atoms with Gasteiger partial charge in [0.2, 0.25) is 10.0 Å². The van der Waals surface area contributed by atoms with Gasteiger partial charge < -0.3 is 5.32 Å². The maximum Gasteiger partial charge on any atom is 0.252 e. The predicted octanol–water partition coefficient (Wildman–Crippen LogP) is 4.02. The van der Waals surface area contributed by atoms with Gasteiger partial charge in [-0.05, 0) is 66.3 Å². The zero-order chi connectivity index (χ0) is 22.6. The lowest BCUT2D eigenvalue weighted by molar-refractivity contribution is 0.0943. The van der Waals surface area contributed by atoms with Gasteiger partial charge in [0.25, 0.3) is 5.91 Å². The van der Waals surface area contributed by atoms with Crippen molar-refractivity contribution in [3.8, 4) is 0 Å². The largest absolute Gasteiger partial charge is 0.341 e. The van der Waals surface area contributed by atoms with E-state index in [2.05, 4.69) is 17.2 Å². The first kappa shape index (κ1) is 22.2. The molecule has 0 spiro atoms. The number of piperidine rings is 1. The SMILES string of the molecule is CC1CCN(S(=O)(=O)c2ccc(C(=O)NC(c3ccccc3)c3ccncc3)cc2)CC1. The van der Waals surface area contributed by atoms with Gasteiger partial charge in [-0.25, -0.2) is 8.42 Å². The Morgan fingerprint density at radius 1 is 0.938 bits per heavy atom. The third kappa shape index (κ3) is 4.89. The van der Waals surface area contributed by atoms with Gasteiger partial charge in [0, 0.05) is 31.0 Å². The molecule has 1 atom stereocenters. The molecule has 1 fully saturated rings. The first-order valence-corrected chi connectivity index (χ1v) is 12.2. The number of hydrogen-bond donors (Lipinski definition) is 1. The van der Waals surface area contributed by atoms with Crippen molar-refractivity contribution in [1.82, 2.24) is 14.6 Å². The normalized spacial score (nSPS) is 16.4. The summed E-state index contributed by atoms with van der Waals surface area (Å²) in [6.07, 6.45) is 5.13. The molecule has 0 radical (unpaired) electrons. The van der Waals surface area contributed by atoms with E-state index in [1.54, 1.807) is 24.5 Å². The quantitative estimate of drug-likeness (QED) is 0.616. The van der Waals surface area contributed by atoms with E-state index in [0.717, 1.165) is 24.0 Å². The number of aromatic nitrogens is 1. The van der Waals surface area contributed by atoms with Crippen molar-refractivity contribution in [3.05, 3.63) is 95.8 Å². The molecule has 166 valence electrons. The molecule has 0 saturated carbocycles. The molecule has 1 aromatic heterocycles. The minimum atomic E-state index is -3.54. The number of carbonyl (C=O) groups excluding carboxylic acids is 1. The number of amides is 1. The molecule has 1 aliphatic heterocycles. The van der Waals surface area contributed by atoms with E-state index in [1.165, 1.54) is 16.4 Å². The van der Waals surface area contributed by atoms with Gasteiger partial charge in [0.15, 0.2) is 0 Å². The summed E-state index contributed by atoms with van der Waals surface area (Å²) < 4.78 is 27.4. The van der Waals surface area contributed by atoms with Gasteiger partial charge in [-0.15, -0.1) is 0 Å². The Morgan fingerprint density at radius 3 is 2.16 bits per heavy atom. The minimum absolute atomic E-state index is 0.220. The van der Waals surface area contributed by atoms with E-state index in [0.29, 0.717) is 24.6 Å². The van der Waals surface area contributed by atoms with Crippen LogP contribution in [-0.2, 0) is 10.0 Å². The highest BCUT2D eigenvalue weighted by Gasteiger charge is 2.28. The number of carbonyl (C=O) groups is 1. The fourth-order valence-electron chi connectivity index (χ4n) is 3.93. The Bertz CT molecular complexity index is 1100. The van der Waals surface area contributed by atoms with Crippen LogP contribution in [0.1, 0.15) is 47.3 Å². The molecule has 1 aliphatic rings. The van der Waals surface area contributed by atoms with Crippen LogP contribution >= 0.6 is 0 Å². The second kappa shape index (κ2) is 9.63. The molecule has 7 heteroatoms. The lowest BCUT2D eigenvalue weighted by Crippen LogP contribution is -2.37. The number of nitrogens with one attached hydrogen (secondary N) is 1. The molecule has 2 aromatic carbocycles. The monoisotopic (exact) mass is 449 g/mol. The molecule has 0 aliphatic carbocycles. The van der Waals surface area contributed by atoms with E-state index < -0.39 is 10.0 Å². The highest BCUT2D eigenvalue weighted by Crippen LogP contribution is 2.25. The number of nitrogens with zero attached hydrogens (tertiary/aromatic N) is 2. The van der Waals surface area contributed by atoms with Crippen LogP contribution in [0.25, 0.3) is 0 Å². The second-order valence-electron chi connectivity index (χ2n) is 8.21. The van der Waals surface area contributed by atoms with Gasteiger partial charge in [-0.3, -0.25) is 9.78 Å². The maximum atomic E-state index is 13.0. The molecular formula is C25H27N3O3S. The number of hydrogen-bond acceptors (Lipinski definition) is 4. The van der Waals surface area contributed by atoms with Gasteiger partial charge in [-0.2, -0.15) is 4.31 Å². The first-order valence-electron chi connectivity index (χ1n) is 10.8. The van der Waals surface area contributed by atoms with Crippen molar-refractivity contribution in [1.29, 1.82) is 0 Å². The summed E-state index contributed by atoms with van der Waals surface area (Å²) in [5.41, 5.74) is 2.27. The van der Waals surface area contributed by atoms with Crippen LogP contribution in [0.3, 0.4) is 0 Å². The van der Waals surface area contributed by atoms with E-state index >= 15 is 0 Å².